The lowest BCUT2D eigenvalue weighted by molar-refractivity contribution is 0.242. The average Bonchev–Trinajstić information content (AvgIpc) is 2.87. The first-order chi connectivity index (χ1) is 8.81. The van der Waals surface area contributed by atoms with Gasteiger partial charge in [-0.05, 0) is 17.7 Å². The molecule has 0 amide bonds. The standard InChI is InChI=1S/C13H16N2O3/c1-17-13-5-2-10(7-15-13)6-14-8-11-3-4-12(9-16)18-11/h2-5,7,14,16H,6,8-9H2,1H3. The third-order valence-corrected chi connectivity index (χ3v) is 2.51. The molecule has 18 heavy (non-hydrogen) atoms. The molecule has 0 bridgehead atoms. The van der Waals surface area contributed by atoms with Crippen LogP contribution in [0.2, 0.25) is 0 Å². The SMILES string of the molecule is COc1ccc(CNCc2ccc(CO)o2)cn1. The molecule has 0 aliphatic heterocycles. The van der Waals surface area contributed by atoms with E-state index in [0.29, 0.717) is 24.7 Å². The van der Waals surface area contributed by atoms with Crippen LogP contribution < -0.4 is 10.1 Å². The Balaban J connectivity index is 1.80. The van der Waals surface area contributed by atoms with E-state index in [9.17, 15) is 0 Å². The van der Waals surface area contributed by atoms with Crippen molar-refractivity contribution in [1.29, 1.82) is 0 Å². The summed E-state index contributed by atoms with van der Waals surface area (Å²) in [6.07, 6.45) is 1.77. The van der Waals surface area contributed by atoms with Gasteiger partial charge in [0.05, 0.1) is 13.7 Å². The van der Waals surface area contributed by atoms with Crippen molar-refractivity contribution in [3.05, 3.63) is 47.5 Å². The topological polar surface area (TPSA) is 67.5 Å². The predicted octanol–water partition coefficient (Wildman–Crippen LogP) is 1.47. The number of aromatic nitrogens is 1. The molecule has 0 aliphatic carbocycles. The minimum Gasteiger partial charge on any atom is -0.481 e. The minimum absolute atomic E-state index is 0.0671. The summed E-state index contributed by atoms with van der Waals surface area (Å²) in [6, 6.07) is 7.41. The Morgan fingerprint density at radius 2 is 2.06 bits per heavy atom. The van der Waals surface area contributed by atoms with Gasteiger partial charge in [-0.15, -0.1) is 0 Å². The zero-order chi connectivity index (χ0) is 12.8. The Labute approximate surface area is 105 Å². The summed E-state index contributed by atoms with van der Waals surface area (Å²) < 4.78 is 10.3. The number of methoxy groups -OCH3 is 1. The fraction of sp³-hybridized carbons (Fsp3) is 0.308. The van der Waals surface area contributed by atoms with Crippen molar-refractivity contribution in [2.24, 2.45) is 0 Å². The van der Waals surface area contributed by atoms with E-state index in [-0.39, 0.29) is 6.61 Å². The molecule has 0 spiro atoms. The quantitative estimate of drug-likeness (QED) is 0.810. The lowest BCUT2D eigenvalue weighted by atomic mass is 10.3. The van der Waals surface area contributed by atoms with E-state index in [0.717, 1.165) is 11.3 Å². The average molecular weight is 248 g/mol. The van der Waals surface area contributed by atoms with Crippen molar-refractivity contribution in [3.63, 3.8) is 0 Å². The van der Waals surface area contributed by atoms with Gasteiger partial charge >= 0.3 is 0 Å². The first kappa shape index (κ1) is 12.6. The Bertz CT molecular complexity index is 479. The van der Waals surface area contributed by atoms with Gasteiger partial charge in [-0.3, -0.25) is 0 Å². The van der Waals surface area contributed by atoms with Crippen molar-refractivity contribution in [1.82, 2.24) is 10.3 Å². The maximum Gasteiger partial charge on any atom is 0.212 e. The van der Waals surface area contributed by atoms with Gasteiger partial charge in [0, 0.05) is 18.8 Å². The molecule has 0 radical (unpaired) electrons. The number of aliphatic hydroxyl groups is 1. The number of rotatable bonds is 6. The van der Waals surface area contributed by atoms with Crippen LogP contribution in [-0.4, -0.2) is 17.2 Å². The summed E-state index contributed by atoms with van der Waals surface area (Å²) in [5.41, 5.74) is 1.07. The Morgan fingerprint density at radius 1 is 1.22 bits per heavy atom. The fourth-order valence-electron chi connectivity index (χ4n) is 1.57. The van der Waals surface area contributed by atoms with Gasteiger partial charge in [0.15, 0.2) is 0 Å². The van der Waals surface area contributed by atoms with Crippen molar-refractivity contribution < 1.29 is 14.3 Å². The monoisotopic (exact) mass is 248 g/mol. The zero-order valence-corrected chi connectivity index (χ0v) is 10.2. The van der Waals surface area contributed by atoms with Crippen LogP contribution in [0.25, 0.3) is 0 Å². The second kappa shape index (κ2) is 6.18. The highest BCUT2D eigenvalue weighted by Gasteiger charge is 2.01. The van der Waals surface area contributed by atoms with Crippen LogP contribution in [0.15, 0.2) is 34.9 Å². The second-order valence-electron chi connectivity index (χ2n) is 3.84. The van der Waals surface area contributed by atoms with Crippen LogP contribution in [0.5, 0.6) is 5.88 Å². The molecule has 0 saturated heterocycles. The molecule has 0 unspecified atom stereocenters. The third-order valence-electron chi connectivity index (χ3n) is 2.51. The predicted molar refractivity (Wildman–Crippen MR) is 66.0 cm³/mol. The molecule has 0 fully saturated rings. The zero-order valence-electron chi connectivity index (χ0n) is 10.2. The Hall–Kier alpha value is -1.85. The first-order valence-corrected chi connectivity index (χ1v) is 5.70. The molecule has 2 rings (SSSR count). The van der Waals surface area contributed by atoms with E-state index in [1.807, 2.05) is 18.2 Å². The molecule has 5 heteroatoms. The van der Waals surface area contributed by atoms with E-state index < -0.39 is 0 Å². The summed E-state index contributed by atoms with van der Waals surface area (Å²) in [6.45, 7) is 1.25. The lowest BCUT2D eigenvalue weighted by Crippen LogP contribution is -2.12. The van der Waals surface area contributed by atoms with Gasteiger partial charge in [-0.25, -0.2) is 4.98 Å². The molecular weight excluding hydrogens is 232 g/mol. The molecule has 2 N–H and O–H groups in total. The normalized spacial score (nSPS) is 10.6. The third kappa shape index (κ3) is 3.32. The van der Waals surface area contributed by atoms with Gasteiger partial charge in [0.1, 0.15) is 18.1 Å². The van der Waals surface area contributed by atoms with Crippen LogP contribution >= 0.6 is 0 Å². The van der Waals surface area contributed by atoms with Crippen molar-refractivity contribution in [2.45, 2.75) is 19.7 Å². The number of aliphatic hydroxyl groups excluding tert-OH is 1. The smallest absolute Gasteiger partial charge is 0.212 e. The summed E-state index contributed by atoms with van der Waals surface area (Å²) in [5, 5.41) is 12.1. The van der Waals surface area contributed by atoms with E-state index in [1.54, 1.807) is 19.4 Å². The lowest BCUT2D eigenvalue weighted by Gasteiger charge is -2.04. The molecule has 5 nitrogen and oxygen atoms in total. The summed E-state index contributed by atoms with van der Waals surface area (Å²) >= 11 is 0. The summed E-state index contributed by atoms with van der Waals surface area (Å²) in [5.74, 6) is 2.00. The highest BCUT2D eigenvalue weighted by Crippen LogP contribution is 2.09. The van der Waals surface area contributed by atoms with E-state index in [4.69, 9.17) is 14.3 Å². The van der Waals surface area contributed by atoms with Gasteiger partial charge in [0.25, 0.3) is 0 Å². The molecule has 2 heterocycles. The molecule has 2 aromatic rings. The molecule has 2 aromatic heterocycles. The van der Waals surface area contributed by atoms with E-state index in [2.05, 4.69) is 10.3 Å². The van der Waals surface area contributed by atoms with Crippen molar-refractivity contribution in [3.8, 4) is 5.88 Å². The number of pyridine rings is 1. The first-order valence-electron chi connectivity index (χ1n) is 5.70. The maximum atomic E-state index is 8.87. The maximum absolute atomic E-state index is 8.87. The molecule has 0 aromatic carbocycles. The van der Waals surface area contributed by atoms with Crippen LogP contribution in [0.3, 0.4) is 0 Å². The number of ether oxygens (including phenoxy) is 1. The number of hydrogen-bond acceptors (Lipinski definition) is 5. The van der Waals surface area contributed by atoms with Crippen LogP contribution in [0.1, 0.15) is 17.1 Å². The largest absolute Gasteiger partial charge is 0.481 e. The van der Waals surface area contributed by atoms with Gasteiger partial charge in [-0.1, -0.05) is 6.07 Å². The second-order valence-corrected chi connectivity index (χ2v) is 3.84. The minimum atomic E-state index is -0.0671. The Kier molecular flexibility index (Phi) is 4.33. The number of nitrogens with one attached hydrogen (secondary N) is 1. The van der Waals surface area contributed by atoms with Crippen LogP contribution in [-0.2, 0) is 19.7 Å². The van der Waals surface area contributed by atoms with Crippen molar-refractivity contribution in [2.75, 3.05) is 7.11 Å². The molecule has 0 atom stereocenters. The summed E-state index contributed by atoms with van der Waals surface area (Å²) in [7, 11) is 1.59. The van der Waals surface area contributed by atoms with Gasteiger partial charge in [0.2, 0.25) is 5.88 Å². The number of hydrogen-bond donors (Lipinski definition) is 2. The Morgan fingerprint density at radius 3 is 2.67 bits per heavy atom. The number of furan rings is 1. The number of nitrogens with zero attached hydrogens (tertiary/aromatic N) is 1. The molecule has 0 saturated carbocycles. The molecular formula is C13H16N2O3. The van der Waals surface area contributed by atoms with Gasteiger partial charge in [-0.2, -0.15) is 0 Å². The fourth-order valence-corrected chi connectivity index (χ4v) is 1.57. The van der Waals surface area contributed by atoms with Crippen LogP contribution in [0, 0.1) is 0 Å². The highest BCUT2D eigenvalue weighted by atomic mass is 16.5. The summed E-state index contributed by atoms with van der Waals surface area (Å²) in [4.78, 5) is 4.12. The highest BCUT2D eigenvalue weighted by molar-refractivity contribution is 5.17. The van der Waals surface area contributed by atoms with E-state index in [1.165, 1.54) is 0 Å². The molecule has 96 valence electrons. The van der Waals surface area contributed by atoms with Crippen molar-refractivity contribution >= 4 is 0 Å². The van der Waals surface area contributed by atoms with E-state index >= 15 is 0 Å². The van der Waals surface area contributed by atoms with Gasteiger partial charge < -0.3 is 19.6 Å². The van der Waals surface area contributed by atoms with Crippen LogP contribution in [0.4, 0.5) is 0 Å². The molecule has 0 aliphatic rings.